The van der Waals surface area contributed by atoms with E-state index in [-0.39, 0.29) is 22.7 Å². The predicted molar refractivity (Wildman–Crippen MR) is 122 cm³/mol. The van der Waals surface area contributed by atoms with Crippen LogP contribution in [-0.2, 0) is 9.59 Å². The van der Waals surface area contributed by atoms with Crippen LogP contribution < -0.4 is 16.1 Å². The van der Waals surface area contributed by atoms with E-state index in [0.717, 1.165) is 25.7 Å². The van der Waals surface area contributed by atoms with Gasteiger partial charge in [-0.3, -0.25) is 14.4 Å². The first-order chi connectivity index (χ1) is 15.0. The van der Waals surface area contributed by atoms with E-state index in [4.69, 9.17) is 23.2 Å². The molecule has 3 rings (SSSR count). The maximum atomic E-state index is 12.7. The van der Waals surface area contributed by atoms with Gasteiger partial charge in [-0.15, -0.1) is 0 Å². The van der Waals surface area contributed by atoms with Gasteiger partial charge >= 0.3 is 11.8 Å². The van der Waals surface area contributed by atoms with Gasteiger partial charge in [0.25, 0.3) is 5.91 Å². The summed E-state index contributed by atoms with van der Waals surface area (Å²) in [5.41, 5.74) is 3.16. The first-order valence-corrected chi connectivity index (χ1v) is 10.7. The number of nitrogens with zero attached hydrogens (tertiary/aromatic N) is 1. The van der Waals surface area contributed by atoms with Crippen molar-refractivity contribution in [3.8, 4) is 0 Å². The molecule has 0 atom stereocenters. The Labute approximate surface area is 190 Å². The SMILES string of the molecule is O=C(NN=Cc1cccc(Cl)c1Cl)C(=O)Nc1ccccc1C(=O)NC1CCCCC1. The molecule has 162 valence electrons. The van der Waals surface area contributed by atoms with E-state index < -0.39 is 11.8 Å². The summed E-state index contributed by atoms with van der Waals surface area (Å²) in [6.07, 6.45) is 6.52. The Morgan fingerprint density at radius 1 is 0.935 bits per heavy atom. The third kappa shape index (κ3) is 6.29. The molecule has 0 unspecified atom stereocenters. The average molecular weight is 461 g/mol. The molecule has 3 amide bonds. The standard InChI is InChI=1S/C22H22Cl2N4O3/c23-17-11-6-7-14(19(17)24)13-25-28-22(31)21(30)27-18-12-5-4-10-16(18)20(29)26-15-8-2-1-3-9-15/h4-7,10-13,15H,1-3,8-9H2,(H,26,29)(H,27,30)(H,28,31). The third-order valence-electron chi connectivity index (χ3n) is 4.92. The number of carbonyl (C=O) groups excluding carboxylic acids is 3. The van der Waals surface area contributed by atoms with E-state index in [9.17, 15) is 14.4 Å². The number of nitrogens with one attached hydrogen (secondary N) is 3. The number of anilines is 1. The number of halogens is 2. The van der Waals surface area contributed by atoms with Crippen LogP contribution in [0.5, 0.6) is 0 Å². The molecule has 0 radical (unpaired) electrons. The van der Waals surface area contributed by atoms with Crippen LogP contribution in [0.1, 0.15) is 48.0 Å². The van der Waals surface area contributed by atoms with Crippen molar-refractivity contribution in [3.63, 3.8) is 0 Å². The van der Waals surface area contributed by atoms with Crippen molar-refractivity contribution in [1.82, 2.24) is 10.7 Å². The number of carbonyl (C=O) groups is 3. The number of amides is 3. The van der Waals surface area contributed by atoms with Crippen LogP contribution >= 0.6 is 23.2 Å². The van der Waals surface area contributed by atoms with Crippen LogP contribution in [0.2, 0.25) is 10.0 Å². The van der Waals surface area contributed by atoms with Crippen LogP contribution in [0.3, 0.4) is 0 Å². The lowest BCUT2D eigenvalue weighted by molar-refractivity contribution is -0.136. The minimum atomic E-state index is -0.989. The maximum absolute atomic E-state index is 12.7. The predicted octanol–water partition coefficient (Wildman–Crippen LogP) is 4.14. The van der Waals surface area contributed by atoms with Crippen molar-refractivity contribution >= 4 is 52.8 Å². The van der Waals surface area contributed by atoms with Gasteiger partial charge in [0, 0.05) is 11.6 Å². The Bertz CT molecular complexity index is 1000. The first-order valence-electron chi connectivity index (χ1n) is 9.94. The summed E-state index contributed by atoms with van der Waals surface area (Å²) >= 11 is 12.0. The van der Waals surface area contributed by atoms with Gasteiger partial charge in [-0.05, 0) is 31.0 Å². The Kier molecular flexibility index (Phi) is 8.03. The summed E-state index contributed by atoms with van der Waals surface area (Å²) in [4.78, 5) is 37.0. The van der Waals surface area contributed by atoms with E-state index in [1.165, 1.54) is 12.6 Å². The summed E-state index contributed by atoms with van der Waals surface area (Å²) in [5.74, 6) is -2.22. The van der Waals surface area contributed by atoms with Crippen molar-refractivity contribution in [3.05, 3.63) is 63.6 Å². The van der Waals surface area contributed by atoms with E-state index in [1.54, 1.807) is 42.5 Å². The molecule has 0 saturated heterocycles. The van der Waals surface area contributed by atoms with Crippen molar-refractivity contribution in [2.24, 2.45) is 5.10 Å². The molecular formula is C22H22Cl2N4O3. The highest BCUT2D eigenvalue weighted by molar-refractivity contribution is 6.43. The lowest BCUT2D eigenvalue weighted by Crippen LogP contribution is -2.37. The van der Waals surface area contributed by atoms with Crippen molar-refractivity contribution in [2.75, 3.05) is 5.32 Å². The van der Waals surface area contributed by atoms with E-state index >= 15 is 0 Å². The quantitative estimate of drug-likeness (QED) is 0.355. The Hall–Kier alpha value is -2.90. The van der Waals surface area contributed by atoms with E-state index in [0.29, 0.717) is 16.1 Å². The van der Waals surface area contributed by atoms with Gasteiger partial charge in [0.05, 0.1) is 27.5 Å². The first kappa shape index (κ1) is 22.8. The fourth-order valence-corrected chi connectivity index (χ4v) is 3.67. The molecule has 7 nitrogen and oxygen atoms in total. The lowest BCUT2D eigenvalue weighted by atomic mass is 9.95. The number of hydrogen-bond acceptors (Lipinski definition) is 4. The highest BCUT2D eigenvalue weighted by Gasteiger charge is 2.20. The molecule has 0 aliphatic heterocycles. The molecule has 0 spiro atoms. The van der Waals surface area contributed by atoms with E-state index in [1.807, 2.05) is 0 Å². The molecule has 2 aromatic rings. The second-order valence-electron chi connectivity index (χ2n) is 7.15. The van der Waals surface area contributed by atoms with Crippen molar-refractivity contribution in [2.45, 2.75) is 38.1 Å². The minimum Gasteiger partial charge on any atom is -0.349 e. The number of hydrazone groups is 1. The Balaban J connectivity index is 1.60. The number of benzene rings is 2. The van der Waals surface area contributed by atoms with Crippen molar-refractivity contribution < 1.29 is 14.4 Å². The zero-order valence-corrected chi connectivity index (χ0v) is 18.2. The maximum Gasteiger partial charge on any atom is 0.329 e. The molecule has 0 aromatic heterocycles. The highest BCUT2D eigenvalue weighted by atomic mass is 35.5. The molecule has 1 aliphatic carbocycles. The van der Waals surface area contributed by atoms with Gasteiger partial charge in [0.1, 0.15) is 0 Å². The zero-order valence-electron chi connectivity index (χ0n) is 16.7. The second-order valence-corrected chi connectivity index (χ2v) is 7.94. The fourth-order valence-electron chi connectivity index (χ4n) is 3.31. The summed E-state index contributed by atoms with van der Waals surface area (Å²) in [6.45, 7) is 0. The lowest BCUT2D eigenvalue weighted by Gasteiger charge is -2.23. The molecule has 1 fully saturated rings. The Morgan fingerprint density at radius 3 is 2.45 bits per heavy atom. The van der Waals surface area contributed by atoms with Gasteiger partial charge in [0.15, 0.2) is 0 Å². The molecule has 9 heteroatoms. The van der Waals surface area contributed by atoms with Gasteiger partial charge in [-0.1, -0.05) is 66.7 Å². The number of rotatable bonds is 5. The smallest absolute Gasteiger partial charge is 0.329 e. The third-order valence-corrected chi connectivity index (χ3v) is 5.75. The van der Waals surface area contributed by atoms with Gasteiger partial charge in [-0.2, -0.15) is 5.10 Å². The summed E-state index contributed by atoms with van der Waals surface area (Å²) in [5, 5.41) is 9.83. The molecule has 3 N–H and O–H groups in total. The Morgan fingerprint density at radius 2 is 1.68 bits per heavy atom. The fraction of sp³-hybridized carbons (Fsp3) is 0.273. The molecule has 1 aliphatic rings. The molecule has 2 aromatic carbocycles. The summed E-state index contributed by atoms with van der Waals surface area (Å²) in [7, 11) is 0. The molecule has 1 saturated carbocycles. The zero-order chi connectivity index (χ0) is 22.2. The van der Waals surface area contributed by atoms with Crippen molar-refractivity contribution in [1.29, 1.82) is 0 Å². The minimum absolute atomic E-state index is 0.126. The molecular weight excluding hydrogens is 439 g/mol. The highest BCUT2D eigenvalue weighted by Crippen LogP contribution is 2.24. The second kappa shape index (κ2) is 10.9. The summed E-state index contributed by atoms with van der Waals surface area (Å²) in [6, 6.07) is 11.6. The van der Waals surface area contributed by atoms with Crippen LogP contribution in [0.15, 0.2) is 47.6 Å². The molecule has 0 bridgehead atoms. The van der Waals surface area contributed by atoms with E-state index in [2.05, 4.69) is 21.2 Å². The largest absolute Gasteiger partial charge is 0.349 e. The molecule has 31 heavy (non-hydrogen) atoms. The van der Waals surface area contributed by atoms with Crippen LogP contribution in [0, 0.1) is 0 Å². The number of hydrogen-bond donors (Lipinski definition) is 3. The van der Waals surface area contributed by atoms with Crippen LogP contribution in [-0.4, -0.2) is 30.0 Å². The van der Waals surface area contributed by atoms with Gasteiger partial charge in [0.2, 0.25) is 0 Å². The summed E-state index contributed by atoms with van der Waals surface area (Å²) < 4.78 is 0. The molecule has 0 heterocycles. The average Bonchev–Trinajstić information content (AvgIpc) is 2.77. The monoisotopic (exact) mass is 460 g/mol. The van der Waals surface area contributed by atoms with Gasteiger partial charge in [-0.25, -0.2) is 5.43 Å². The topological polar surface area (TPSA) is 99.7 Å². The van der Waals surface area contributed by atoms with Crippen LogP contribution in [0.25, 0.3) is 0 Å². The normalized spacial score (nSPS) is 14.3. The van der Waals surface area contributed by atoms with Crippen LogP contribution in [0.4, 0.5) is 5.69 Å². The van der Waals surface area contributed by atoms with Gasteiger partial charge < -0.3 is 10.6 Å². The number of para-hydroxylation sites is 1.